The zero-order valence-electron chi connectivity index (χ0n) is 17.0. The van der Waals surface area contributed by atoms with E-state index >= 15 is 0 Å². The molecule has 32 heavy (non-hydrogen) atoms. The minimum Gasteiger partial charge on any atom is -0.484 e. The summed E-state index contributed by atoms with van der Waals surface area (Å²) >= 11 is 1.42. The number of nitrogens with one attached hydrogen (secondary N) is 1. The van der Waals surface area contributed by atoms with Crippen LogP contribution in [0.15, 0.2) is 57.7 Å². The molecule has 1 N–H and O–H groups in total. The molecule has 1 aliphatic rings. The SMILES string of the molecule is Cc1nc(NC(=O)COc2ccc3ccc(=O)oc3c2)sc1Cc1ccc2c(c1)OCO2. The van der Waals surface area contributed by atoms with Gasteiger partial charge in [-0.05, 0) is 42.8 Å². The van der Waals surface area contributed by atoms with Crippen molar-refractivity contribution in [3.8, 4) is 17.2 Å². The van der Waals surface area contributed by atoms with Crippen LogP contribution in [-0.2, 0) is 11.2 Å². The fourth-order valence-corrected chi connectivity index (χ4v) is 4.33. The Bertz CT molecular complexity index is 1380. The number of thiazole rings is 1. The second kappa shape index (κ2) is 8.35. The van der Waals surface area contributed by atoms with E-state index in [-0.39, 0.29) is 19.3 Å². The van der Waals surface area contributed by atoms with Crippen molar-refractivity contribution in [2.45, 2.75) is 13.3 Å². The summed E-state index contributed by atoms with van der Waals surface area (Å²) in [5.74, 6) is 1.59. The summed E-state index contributed by atoms with van der Waals surface area (Å²) in [6, 6.07) is 13.9. The Labute approximate surface area is 186 Å². The molecular formula is C23H18N2O6S. The van der Waals surface area contributed by atoms with Crippen LogP contribution >= 0.6 is 11.3 Å². The van der Waals surface area contributed by atoms with Crippen LogP contribution in [0, 0.1) is 6.92 Å². The third kappa shape index (κ3) is 4.28. The number of fused-ring (bicyclic) bond motifs is 2. The molecule has 1 amide bonds. The van der Waals surface area contributed by atoms with E-state index in [2.05, 4.69) is 10.3 Å². The van der Waals surface area contributed by atoms with Gasteiger partial charge in [0.15, 0.2) is 23.2 Å². The summed E-state index contributed by atoms with van der Waals surface area (Å²) in [4.78, 5) is 29.2. The molecule has 3 heterocycles. The summed E-state index contributed by atoms with van der Waals surface area (Å²) in [6.07, 6.45) is 0.675. The maximum atomic E-state index is 12.3. The predicted octanol–water partition coefficient (Wildman–Crippen LogP) is 3.89. The number of anilines is 1. The number of benzene rings is 2. The first kappa shape index (κ1) is 20.1. The van der Waals surface area contributed by atoms with Gasteiger partial charge in [0.05, 0.1) is 5.69 Å². The average Bonchev–Trinajstić information content (AvgIpc) is 3.37. The van der Waals surface area contributed by atoms with Crippen molar-refractivity contribution in [3.63, 3.8) is 0 Å². The molecule has 0 aliphatic carbocycles. The smallest absolute Gasteiger partial charge is 0.336 e. The highest BCUT2D eigenvalue weighted by molar-refractivity contribution is 7.15. The molecule has 0 saturated heterocycles. The van der Waals surface area contributed by atoms with Crippen LogP contribution in [0.1, 0.15) is 16.1 Å². The van der Waals surface area contributed by atoms with E-state index in [1.807, 2.05) is 25.1 Å². The largest absolute Gasteiger partial charge is 0.484 e. The Hall–Kier alpha value is -3.85. The first-order chi connectivity index (χ1) is 15.5. The number of amides is 1. The quantitative estimate of drug-likeness (QED) is 0.445. The number of nitrogens with zero attached hydrogens (tertiary/aromatic N) is 1. The molecule has 4 aromatic rings. The van der Waals surface area contributed by atoms with Crippen molar-refractivity contribution < 1.29 is 23.4 Å². The fraction of sp³-hybridized carbons (Fsp3) is 0.174. The Morgan fingerprint density at radius 2 is 1.97 bits per heavy atom. The minimum atomic E-state index is -0.442. The summed E-state index contributed by atoms with van der Waals surface area (Å²) in [5.41, 5.74) is 1.89. The summed E-state index contributed by atoms with van der Waals surface area (Å²) in [7, 11) is 0. The number of hydrogen-bond donors (Lipinski definition) is 1. The van der Waals surface area contributed by atoms with Crippen molar-refractivity contribution in [2.75, 3.05) is 18.7 Å². The number of rotatable bonds is 6. The van der Waals surface area contributed by atoms with Crippen LogP contribution in [0.2, 0.25) is 0 Å². The van der Waals surface area contributed by atoms with Crippen LogP contribution in [0.25, 0.3) is 11.0 Å². The van der Waals surface area contributed by atoms with Gasteiger partial charge in [0, 0.05) is 28.8 Å². The van der Waals surface area contributed by atoms with Crippen LogP contribution in [0.3, 0.4) is 0 Å². The first-order valence-corrected chi connectivity index (χ1v) is 10.7. The summed E-state index contributed by atoms with van der Waals surface area (Å²) < 4.78 is 21.5. The molecule has 8 nitrogen and oxygen atoms in total. The molecule has 162 valence electrons. The lowest BCUT2D eigenvalue weighted by Gasteiger charge is -2.06. The molecule has 1 aliphatic heterocycles. The highest BCUT2D eigenvalue weighted by Crippen LogP contribution is 2.34. The van der Waals surface area contributed by atoms with E-state index < -0.39 is 5.63 Å². The molecule has 5 rings (SSSR count). The number of ether oxygens (including phenoxy) is 3. The van der Waals surface area contributed by atoms with E-state index in [1.165, 1.54) is 17.4 Å². The van der Waals surface area contributed by atoms with Crippen molar-refractivity contribution >= 4 is 33.3 Å². The van der Waals surface area contributed by atoms with E-state index in [4.69, 9.17) is 18.6 Å². The van der Waals surface area contributed by atoms with Crippen molar-refractivity contribution in [2.24, 2.45) is 0 Å². The standard InChI is InChI=1S/C23H18N2O6S/c1-13-20(9-14-2-6-17-19(8-14)30-12-29-17)32-23(24-13)25-21(26)11-28-16-5-3-15-4-7-22(27)31-18(15)10-16/h2-8,10H,9,11-12H2,1H3,(H,24,25,26). The van der Waals surface area contributed by atoms with E-state index in [0.29, 0.717) is 22.9 Å². The Balaban J connectivity index is 1.21. The van der Waals surface area contributed by atoms with Gasteiger partial charge in [-0.1, -0.05) is 6.07 Å². The van der Waals surface area contributed by atoms with Crippen LogP contribution in [-0.4, -0.2) is 24.3 Å². The minimum absolute atomic E-state index is 0.196. The van der Waals surface area contributed by atoms with Crippen molar-refractivity contribution in [1.82, 2.24) is 4.98 Å². The average molecular weight is 450 g/mol. The Kier molecular flexibility index (Phi) is 5.24. The van der Waals surface area contributed by atoms with Gasteiger partial charge in [0.2, 0.25) is 6.79 Å². The molecule has 2 aromatic heterocycles. The highest BCUT2D eigenvalue weighted by Gasteiger charge is 2.16. The van der Waals surface area contributed by atoms with Gasteiger partial charge >= 0.3 is 5.63 Å². The number of hydrogen-bond acceptors (Lipinski definition) is 8. The number of aryl methyl sites for hydroxylation is 1. The number of carbonyl (C=O) groups is 1. The third-order valence-corrected chi connectivity index (χ3v) is 5.98. The zero-order chi connectivity index (χ0) is 22.1. The maximum Gasteiger partial charge on any atom is 0.336 e. The van der Waals surface area contributed by atoms with Gasteiger partial charge in [-0.25, -0.2) is 9.78 Å². The summed E-state index contributed by atoms with van der Waals surface area (Å²) in [5, 5.41) is 4.06. The van der Waals surface area contributed by atoms with E-state index in [1.54, 1.807) is 24.3 Å². The molecular weight excluding hydrogens is 432 g/mol. The monoisotopic (exact) mass is 450 g/mol. The lowest BCUT2D eigenvalue weighted by atomic mass is 10.1. The molecule has 0 radical (unpaired) electrons. The first-order valence-electron chi connectivity index (χ1n) is 9.85. The second-order valence-corrected chi connectivity index (χ2v) is 8.27. The lowest BCUT2D eigenvalue weighted by Crippen LogP contribution is -2.20. The molecule has 0 spiro atoms. The van der Waals surface area contributed by atoms with E-state index in [9.17, 15) is 9.59 Å². The molecule has 2 aromatic carbocycles. The molecule has 0 fully saturated rings. The molecule has 0 atom stereocenters. The van der Waals surface area contributed by atoms with Crippen LogP contribution < -0.4 is 25.2 Å². The van der Waals surface area contributed by atoms with Gasteiger partial charge in [0.25, 0.3) is 5.91 Å². The van der Waals surface area contributed by atoms with Crippen molar-refractivity contribution in [1.29, 1.82) is 0 Å². The van der Waals surface area contributed by atoms with Crippen LogP contribution in [0.4, 0.5) is 5.13 Å². The Morgan fingerprint density at radius 3 is 2.88 bits per heavy atom. The van der Waals surface area contributed by atoms with Crippen molar-refractivity contribution in [3.05, 3.63) is 75.1 Å². The van der Waals surface area contributed by atoms with Gasteiger partial charge in [-0.15, -0.1) is 11.3 Å². The van der Waals surface area contributed by atoms with Gasteiger partial charge in [-0.2, -0.15) is 0 Å². The van der Waals surface area contributed by atoms with Gasteiger partial charge in [-0.3, -0.25) is 10.1 Å². The highest BCUT2D eigenvalue weighted by atomic mass is 32.1. The number of carbonyl (C=O) groups excluding carboxylic acids is 1. The molecule has 0 unspecified atom stereocenters. The second-order valence-electron chi connectivity index (χ2n) is 7.18. The predicted molar refractivity (Wildman–Crippen MR) is 119 cm³/mol. The topological polar surface area (TPSA) is 99.9 Å². The van der Waals surface area contributed by atoms with Gasteiger partial charge in [0.1, 0.15) is 11.3 Å². The molecule has 9 heteroatoms. The lowest BCUT2D eigenvalue weighted by molar-refractivity contribution is -0.118. The Morgan fingerprint density at radius 1 is 1.12 bits per heavy atom. The van der Waals surface area contributed by atoms with E-state index in [0.717, 1.165) is 33.0 Å². The molecule has 0 saturated carbocycles. The third-order valence-electron chi connectivity index (χ3n) is 4.91. The molecule has 0 bridgehead atoms. The van der Waals surface area contributed by atoms with Gasteiger partial charge < -0.3 is 18.6 Å². The summed E-state index contributed by atoms with van der Waals surface area (Å²) in [6.45, 7) is 1.96. The maximum absolute atomic E-state index is 12.3. The zero-order valence-corrected chi connectivity index (χ0v) is 17.9. The van der Waals surface area contributed by atoms with Crippen LogP contribution in [0.5, 0.6) is 17.2 Å². The number of aromatic nitrogens is 1. The fourth-order valence-electron chi connectivity index (χ4n) is 3.32. The normalized spacial score (nSPS) is 12.2.